The molecule has 0 amide bonds. The minimum absolute atomic E-state index is 0.0476. The van der Waals surface area contributed by atoms with E-state index in [1.165, 1.54) is 19.1 Å². The highest BCUT2D eigenvalue weighted by atomic mass is 35.5. The van der Waals surface area contributed by atoms with E-state index in [0.717, 1.165) is 0 Å². The minimum atomic E-state index is -1.22. The summed E-state index contributed by atoms with van der Waals surface area (Å²) in [6.07, 6.45) is -1.11. The second kappa shape index (κ2) is 5.91. The fourth-order valence-electron chi connectivity index (χ4n) is 1.29. The van der Waals surface area contributed by atoms with Crippen LogP contribution < -0.4 is 5.32 Å². The Balaban J connectivity index is 3.09. The van der Waals surface area contributed by atoms with Gasteiger partial charge < -0.3 is 15.5 Å². The maximum absolute atomic E-state index is 10.9. The van der Waals surface area contributed by atoms with Crippen molar-refractivity contribution in [3.63, 3.8) is 0 Å². The zero-order valence-electron chi connectivity index (χ0n) is 9.32. The molecule has 0 unspecified atom stereocenters. The average Bonchev–Trinajstić information content (AvgIpc) is 2.30. The second-order valence-electron chi connectivity index (χ2n) is 3.57. The lowest BCUT2D eigenvalue weighted by Crippen LogP contribution is -2.39. The van der Waals surface area contributed by atoms with E-state index in [4.69, 9.17) is 34.9 Å². The number of aliphatic hydroxyl groups is 1. The van der Waals surface area contributed by atoms with E-state index < -0.39 is 18.1 Å². The van der Waals surface area contributed by atoms with Crippen molar-refractivity contribution in [1.29, 1.82) is 0 Å². The number of hydrogen-bond donors (Lipinski definition) is 3. The molecule has 0 saturated heterocycles. The molecule has 0 fully saturated rings. The summed E-state index contributed by atoms with van der Waals surface area (Å²) in [4.78, 5) is 14.1. The molecule has 0 aromatic heterocycles. The fourth-order valence-corrected chi connectivity index (χ4v) is 1.71. The zero-order chi connectivity index (χ0) is 13.9. The highest BCUT2D eigenvalue weighted by molar-refractivity contribution is 6.45. The summed E-state index contributed by atoms with van der Waals surface area (Å²) in [5.41, 5.74) is 0.429. The van der Waals surface area contributed by atoms with Crippen LogP contribution in [-0.2, 0) is 4.79 Å². The van der Waals surface area contributed by atoms with Gasteiger partial charge in [0.2, 0.25) is 5.69 Å². The predicted molar refractivity (Wildman–Crippen MR) is 69.5 cm³/mol. The summed E-state index contributed by atoms with van der Waals surface area (Å²) in [6, 6.07) is 1.65. The Morgan fingerprint density at radius 1 is 1.44 bits per heavy atom. The van der Waals surface area contributed by atoms with E-state index in [1.807, 2.05) is 0 Å². The number of nitrogens with one attached hydrogen (secondary N) is 1. The number of aliphatic carboxylic acids is 1. The first-order valence-electron chi connectivity index (χ1n) is 4.91. The van der Waals surface area contributed by atoms with E-state index in [2.05, 4.69) is 10.2 Å². The van der Waals surface area contributed by atoms with Gasteiger partial charge >= 0.3 is 5.97 Å². The highest BCUT2D eigenvalue weighted by Crippen LogP contribution is 2.37. The van der Waals surface area contributed by atoms with Crippen molar-refractivity contribution in [2.24, 2.45) is 0 Å². The number of benzene rings is 1. The zero-order valence-corrected chi connectivity index (χ0v) is 10.8. The van der Waals surface area contributed by atoms with Crippen LogP contribution >= 0.6 is 23.2 Å². The fraction of sp³-hybridized carbons (Fsp3) is 0.273. The normalized spacial score (nSPS) is 13.5. The number of carboxylic acid groups (broad SMARTS) is 1. The number of halogens is 2. The van der Waals surface area contributed by atoms with Crippen molar-refractivity contribution < 1.29 is 15.0 Å². The van der Waals surface area contributed by atoms with Gasteiger partial charge in [-0.1, -0.05) is 29.3 Å². The molecule has 0 aliphatic heterocycles. The summed E-state index contributed by atoms with van der Waals surface area (Å²) in [6.45, 7) is 8.20. The largest absolute Gasteiger partial charge is 0.480 e. The van der Waals surface area contributed by atoms with Gasteiger partial charge in [0, 0.05) is 0 Å². The number of carbonyl (C=O) groups is 1. The Kier molecular flexibility index (Phi) is 4.79. The van der Waals surface area contributed by atoms with Gasteiger partial charge in [0.05, 0.1) is 28.4 Å². The Morgan fingerprint density at radius 3 is 2.50 bits per heavy atom. The summed E-state index contributed by atoms with van der Waals surface area (Å²) in [5.74, 6) is -1.22. The van der Waals surface area contributed by atoms with Gasteiger partial charge in [0.15, 0.2) is 6.04 Å². The van der Waals surface area contributed by atoms with E-state index >= 15 is 0 Å². The SMILES string of the molecule is [C-]#[N+]c1ccc(N[C@@H](C(=O)O)[C@H](C)O)c(Cl)c1Cl. The van der Waals surface area contributed by atoms with Gasteiger partial charge in [-0.2, -0.15) is 0 Å². The Labute approximate surface area is 114 Å². The van der Waals surface area contributed by atoms with Crippen molar-refractivity contribution in [2.75, 3.05) is 5.32 Å². The van der Waals surface area contributed by atoms with Crippen LogP contribution in [0.2, 0.25) is 10.0 Å². The third-order valence-corrected chi connectivity index (χ3v) is 3.11. The van der Waals surface area contributed by atoms with E-state index in [1.54, 1.807) is 0 Å². The van der Waals surface area contributed by atoms with Crippen LogP contribution in [-0.4, -0.2) is 28.3 Å². The quantitative estimate of drug-likeness (QED) is 0.745. The van der Waals surface area contributed by atoms with Crippen molar-refractivity contribution in [2.45, 2.75) is 19.1 Å². The molecule has 0 radical (unpaired) electrons. The Bertz CT molecular complexity index is 512. The van der Waals surface area contributed by atoms with Crippen LogP contribution in [0, 0.1) is 6.57 Å². The van der Waals surface area contributed by atoms with Crippen LogP contribution in [0.5, 0.6) is 0 Å². The number of hydrogen-bond acceptors (Lipinski definition) is 3. The molecule has 0 bridgehead atoms. The molecular weight excluding hydrogens is 279 g/mol. The molecule has 5 nitrogen and oxygen atoms in total. The molecule has 1 aromatic rings. The maximum atomic E-state index is 10.9. The molecule has 3 N–H and O–H groups in total. The molecule has 0 heterocycles. The van der Waals surface area contributed by atoms with Gasteiger partial charge in [-0.3, -0.25) is 0 Å². The Morgan fingerprint density at radius 2 is 2.06 bits per heavy atom. The maximum Gasteiger partial charge on any atom is 0.328 e. The molecule has 0 saturated carbocycles. The van der Waals surface area contributed by atoms with E-state index in [9.17, 15) is 9.90 Å². The predicted octanol–water partition coefficient (Wildman–Crippen LogP) is 2.79. The number of nitrogens with zero attached hydrogens (tertiary/aromatic N) is 1. The first-order chi connectivity index (χ1) is 8.38. The summed E-state index contributed by atoms with van der Waals surface area (Å²) < 4.78 is 0. The van der Waals surface area contributed by atoms with Crippen LogP contribution in [0.1, 0.15) is 6.92 Å². The van der Waals surface area contributed by atoms with Gasteiger partial charge in [-0.05, 0) is 13.0 Å². The Hall–Kier alpha value is -1.48. The van der Waals surface area contributed by atoms with Crippen LogP contribution in [0.3, 0.4) is 0 Å². The number of carboxylic acids is 1. The molecule has 0 aliphatic carbocycles. The topological polar surface area (TPSA) is 73.9 Å². The second-order valence-corrected chi connectivity index (χ2v) is 4.33. The third-order valence-electron chi connectivity index (χ3n) is 2.24. The lowest BCUT2D eigenvalue weighted by atomic mass is 10.1. The van der Waals surface area contributed by atoms with Gasteiger partial charge in [0.1, 0.15) is 0 Å². The third kappa shape index (κ3) is 3.05. The van der Waals surface area contributed by atoms with Gasteiger partial charge in [-0.25, -0.2) is 9.64 Å². The molecule has 18 heavy (non-hydrogen) atoms. The standard InChI is InChI=1S/C11H10Cl2N2O3/c1-5(16)10(11(17)18)15-7-4-3-6(14-2)8(12)9(7)13/h3-5,10,15-16H,1H3,(H,17,18)/t5-,10+/m0/s1. The molecule has 7 heteroatoms. The van der Waals surface area contributed by atoms with Gasteiger partial charge in [-0.15, -0.1) is 0 Å². The highest BCUT2D eigenvalue weighted by Gasteiger charge is 2.24. The van der Waals surface area contributed by atoms with Crippen molar-refractivity contribution in [3.8, 4) is 0 Å². The molecule has 96 valence electrons. The van der Waals surface area contributed by atoms with Crippen molar-refractivity contribution in [1.82, 2.24) is 0 Å². The first-order valence-corrected chi connectivity index (χ1v) is 5.67. The van der Waals surface area contributed by atoms with Crippen molar-refractivity contribution in [3.05, 3.63) is 33.6 Å². The number of anilines is 1. The lowest BCUT2D eigenvalue weighted by molar-refractivity contribution is -0.140. The molecule has 0 spiro atoms. The molecule has 1 rings (SSSR count). The van der Waals surface area contributed by atoms with Crippen LogP contribution in [0.4, 0.5) is 11.4 Å². The molecule has 2 atom stereocenters. The van der Waals surface area contributed by atoms with Crippen molar-refractivity contribution >= 4 is 40.5 Å². The summed E-state index contributed by atoms with van der Waals surface area (Å²) in [5, 5.41) is 20.9. The molecular formula is C11H10Cl2N2O3. The molecule has 0 aliphatic rings. The van der Waals surface area contributed by atoms with E-state index in [0.29, 0.717) is 0 Å². The molecule has 1 aromatic carbocycles. The average molecular weight is 289 g/mol. The monoisotopic (exact) mass is 288 g/mol. The van der Waals surface area contributed by atoms with E-state index in [-0.39, 0.29) is 21.4 Å². The van der Waals surface area contributed by atoms with Crippen LogP contribution in [0.15, 0.2) is 12.1 Å². The van der Waals surface area contributed by atoms with Gasteiger partial charge in [0.25, 0.3) is 0 Å². The number of rotatable bonds is 4. The summed E-state index contributed by atoms with van der Waals surface area (Å²) >= 11 is 11.8. The number of aliphatic hydroxyl groups excluding tert-OH is 1. The van der Waals surface area contributed by atoms with Crippen LogP contribution in [0.25, 0.3) is 4.85 Å². The lowest BCUT2D eigenvalue weighted by Gasteiger charge is -2.19. The minimum Gasteiger partial charge on any atom is -0.480 e. The first kappa shape index (κ1) is 14.6. The summed E-state index contributed by atoms with van der Waals surface area (Å²) in [7, 11) is 0. The smallest absolute Gasteiger partial charge is 0.328 e.